The van der Waals surface area contributed by atoms with E-state index in [1.165, 1.54) is 28.2 Å². The van der Waals surface area contributed by atoms with Crippen LogP contribution in [0.3, 0.4) is 0 Å². The van der Waals surface area contributed by atoms with E-state index in [9.17, 15) is 9.59 Å². The van der Waals surface area contributed by atoms with Gasteiger partial charge in [0, 0.05) is 18.7 Å². The smallest absolute Gasteiger partial charge is 0.359 e. The van der Waals surface area contributed by atoms with Crippen molar-refractivity contribution in [3.63, 3.8) is 0 Å². The van der Waals surface area contributed by atoms with Gasteiger partial charge in [-0.25, -0.2) is 9.48 Å². The van der Waals surface area contributed by atoms with Crippen molar-refractivity contribution >= 4 is 17.3 Å². The minimum atomic E-state index is -0.606. The van der Waals surface area contributed by atoms with Crippen LogP contribution < -0.4 is 5.56 Å². The summed E-state index contributed by atoms with van der Waals surface area (Å²) < 4.78 is 11.7. The first kappa shape index (κ1) is 17.1. The fourth-order valence-electron chi connectivity index (χ4n) is 2.15. The summed E-state index contributed by atoms with van der Waals surface area (Å²) in [7, 11) is 0. The number of rotatable bonds is 7. The third-order valence-corrected chi connectivity index (χ3v) is 4.36. The molecule has 0 N–H and O–H groups in total. The Hall–Kier alpha value is -2.74. The molecule has 0 aromatic carbocycles. The lowest BCUT2D eigenvalue weighted by molar-refractivity contribution is 0.0454. The van der Waals surface area contributed by atoms with Gasteiger partial charge in [-0.2, -0.15) is 5.10 Å². The molecule has 25 heavy (non-hydrogen) atoms. The molecule has 0 amide bonds. The molecule has 0 saturated heterocycles. The van der Waals surface area contributed by atoms with Crippen LogP contribution in [0.15, 0.2) is 45.0 Å². The van der Waals surface area contributed by atoms with Crippen molar-refractivity contribution in [1.82, 2.24) is 14.9 Å². The molecule has 3 aromatic rings. The van der Waals surface area contributed by atoms with Gasteiger partial charge in [-0.1, -0.05) is 24.6 Å². The van der Waals surface area contributed by atoms with E-state index in [0.29, 0.717) is 18.0 Å². The minimum absolute atomic E-state index is 0.0243. The summed E-state index contributed by atoms with van der Waals surface area (Å²) in [5.74, 6) is 0.0261. The van der Waals surface area contributed by atoms with Crippen molar-refractivity contribution in [3.05, 3.63) is 57.5 Å². The number of carbonyl (C=O) groups is 1. The average Bonchev–Trinajstić information content (AvgIpc) is 3.30. The number of esters is 1. The monoisotopic (exact) mass is 359 g/mol. The molecule has 0 fully saturated rings. The van der Waals surface area contributed by atoms with Crippen LogP contribution in [0, 0.1) is 0 Å². The van der Waals surface area contributed by atoms with Gasteiger partial charge in [0.15, 0.2) is 11.5 Å². The maximum atomic E-state index is 12.1. The number of hydrogen-bond donors (Lipinski definition) is 0. The molecule has 0 aliphatic carbocycles. The van der Waals surface area contributed by atoms with Crippen molar-refractivity contribution in [3.8, 4) is 10.6 Å². The van der Waals surface area contributed by atoms with Gasteiger partial charge in [0.1, 0.15) is 12.3 Å². The maximum absolute atomic E-state index is 12.1. The Morgan fingerprint density at radius 1 is 1.36 bits per heavy atom. The van der Waals surface area contributed by atoms with Crippen LogP contribution in [0.2, 0.25) is 0 Å². The van der Waals surface area contributed by atoms with Crippen LogP contribution in [-0.4, -0.2) is 20.9 Å². The van der Waals surface area contributed by atoms with E-state index < -0.39 is 5.97 Å². The van der Waals surface area contributed by atoms with Crippen molar-refractivity contribution in [2.45, 2.75) is 32.9 Å². The number of carbonyl (C=O) groups excluding carboxylic acids is 1. The van der Waals surface area contributed by atoms with Crippen LogP contribution in [0.25, 0.3) is 10.6 Å². The Bertz CT molecular complexity index is 899. The second-order valence-corrected chi connectivity index (χ2v) is 6.32. The standard InChI is InChI=1S/C17H17N3O4S/c1-2-3-8-20-16(21)7-6-13(18-20)17(22)23-11-12-10-14(24-19-12)15-5-4-9-25-15/h4-7,9-10H,2-3,8,11H2,1H3. The molecule has 3 rings (SSSR count). The molecule has 0 bridgehead atoms. The first-order valence-electron chi connectivity index (χ1n) is 7.92. The van der Waals surface area contributed by atoms with E-state index in [2.05, 4.69) is 10.3 Å². The number of aromatic nitrogens is 3. The average molecular weight is 359 g/mol. The quantitative estimate of drug-likeness (QED) is 0.602. The summed E-state index contributed by atoms with van der Waals surface area (Å²) in [6.07, 6.45) is 1.75. The van der Waals surface area contributed by atoms with Crippen molar-refractivity contribution in [1.29, 1.82) is 0 Å². The fourth-order valence-corrected chi connectivity index (χ4v) is 2.83. The summed E-state index contributed by atoms with van der Waals surface area (Å²) in [4.78, 5) is 24.8. The van der Waals surface area contributed by atoms with Gasteiger partial charge in [0.2, 0.25) is 0 Å². The Morgan fingerprint density at radius 2 is 2.24 bits per heavy atom. The Morgan fingerprint density at radius 3 is 3.00 bits per heavy atom. The summed E-state index contributed by atoms with van der Waals surface area (Å²) in [5.41, 5.74) is 0.371. The first-order chi connectivity index (χ1) is 12.2. The highest BCUT2D eigenvalue weighted by Crippen LogP contribution is 2.25. The van der Waals surface area contributed by atoms with Crippen LogP contribution in [-0.2, 0) is 17.9 Å². The molecule has 0 radical (unpaired) electrons. The largest absolute Gasteiger partial charge is 0.454 e. The second kappa shape index (κ2) is 7.89. The van der Waals surface area contributed by atoms with Gasteiger partial charge in [0.05, 0.1) is 4.88 Å². The number of hydrogen-bond acceptors (Lipinski definition) is 7. The van der Waals surface area contributed by atoms with Gasteiger partial charge in [-0.3, -0.25) is 4.79 Å². The number of ether oxygens (including phenoxy) is 1. The lowest BCUT2D eigenvalue weighted by Gasteiger charge is -2.06. The van der Waals surface area contributed by atoms with Crippen LogP contribution in [0.4, 0.5) is 0 Å². The molecular weight excluding hydrogens is 342 g/mol. The normalized spacial score (nSPS) is 10.8. The van der Waals surface area contributed by atoms with E-state index in [-0.39, 0.29) is 17.9 Å². The van der Waals surface area contributed by atoms with Gasteiger partial charge < -0.3 is 9.26 Å². The van der Waals surface area contributed by atoms with Crippen molar-refractivity contribution < 1.29 is 14.1 Å². The van der Waals surface area contributed by atoms with Gasteiger partial charge >= 0.3 is 5.97 Å². The number of unbranched alkanes of at least 4 members (excludes halogenated alkanes) is 1. The zero-order valence-electron chi connectivity index (χ0n) is 13.7. The highest BCUT2D eigenvalue weighted by molar-refractivity contribution is 7.13. The molecule has 3 aromatic heterocycles. The fraction of sp³-hybridized carbons (Fsp3) is 0.294. The third-order valence-electron chi connectivity index (χ3n) is 3.47. The molecule has 0 spiro atoms. The Labute approximate surface area is 147 Å². The van der Waals surface area contributed by atoms with Gasteiger partial charge in [-0.15, -0.1) is 11.3 Å². The highest BCUT2D eigenvalue weighted by atomic mass is 32.1. The predicted molar refractivity (Wildman–Crippen MR) is 92.3 cm³/mol. The molecule has 0 saturated carbocycles. The minimum Gasteiger partial charge on any atom is -0.454 e. The van der Waals surface area contributed by atoms with Gasteiger partial charge in [0.25, 0.3) is 5.56 Å². The second-order valence-electron chi connectivity index (χ2n) is 5.37. The van der Waals surface area contributed by atoms with E-state index in [1.807, 2.05) is 24.4 Å². The molecule has 0 aliphatic heterocycles. The van der Waals surface area contributed by atoms with E-state index in [1.54, 1.807) is 6.07 Å². The zero-order valence-corrected chi connectivity index (χ0v) is 14.5. The van der Waals surface area contributed by atoms with Crippen molar-refractivity contribution in [2.24, 2.45) is 0 Å². The summed E-state index contributed by atoms with van der Waals surface area (Å²) >= 11 is 1.54. The Kier molecular flexibility index (Phi) is 5.39. The topological polar surface area (TPSA) is 87.2 Å². The van der Waals surface area contributed by atoms with Crippen molar-refractivity contribution in [2.75, 3.05) is 0 Å². The SMILES string of the molecule is CCCCn1nc(C(=O)OCc2cc(-c3cccs3)on2)ccc1=O. The molecule has 0 atom stereocenters. The summed E-state index contributed by atoms with van der Waals surface area (Å²) in [6, 6.07) is 8.26. The van der Waals surface area contributed by atoms with Crippen LogP contribution >= 0.6 is 11.3 Å². The lowest BCUT2D eigenvalue weighted by atomic mass is 10.3. The van der Waals surface area contributed by atoms with E-state index in [4.69, 9.17) is 9.26 Å². The predicted octanol–water partition coefficient (Wildman–Crippen LogP) is 3.12. The first-order valence-corrected chi connectivity index (χ1v) is 8.80. The molecule has 7 nitrogen and oxygen atoms in total. The molecular formula is C17H17N3O4S. The summed E-state index contributed by atoms with van der Waals surface area (Å²) in [6.45, 7) is 2.47. The van der Waals surface area contributed by atoms with E-state index >= 15 is 0 Å². The molecule has 0 unspecified atom stereocenters. The molecule has 8 heteroatoms. The zero-order chi connectivity index (χ0) is 17.6. The number of thiophene rings is 1. The van der Waals surface area contributed by atoms with Crippen LogP contribution in [0.1, 0.15) is 35.9 Å². The maximum Gasteiger partial charge on any atom is 0.359 e. The number of aryl methyl sites for hydroxylation is 1. The highest BCUT2D eigenvalue weighted by Gasteiger charge is 2.14. The summed E-state index contributed by atoms with van der Waals surface area (Å²) in [5, 5.41) is 9.89. The molecule has 0 aliphatic rings. The van der Waals surface area contributed by atoms with E-state index in [0.717, 1.165) is 17.7 Å². The lowest BCUT2D eigenvalue weighted by Crippen LogP contribution is -2.25. The Balaban J connectivity index is 1.64. The van der Waals surface area contributed by atoms with Gasteiger partial charge in [-0.05, 0) is 23.9 Å². The van der Waals surface area contributed by atoms with Crippen LogP contribution in [0.5, 0.6) is 0 Å². The number of nitrogens with zero attached hydrogens (tertiary/aromatic N) is 3. The molecule has 3 heterocycles. The third kappa shape index (κ3) is 4.21. The molecule has 130 valence electrons.